The summed E-state index contributed by atoms with van der Waals surface area (Å²) in [4.78, 5) is 11.1. The molecule has 4 nitrogen and oxygen atoms in total. The van der Waals surface area contributed by atoms with Crippen molar-refractivity contribution in [2.75, 3.05) is 11.9 Å². The first-order valence-corrected chi connectivity index (χ1v) is 9.60. The average molecular weight is 430 g/mol. The molecule has 0 saturated carbocycles. The van der Waals surface area contributed by atoms with Gasteiger partial charge in [0.15, 0.2) is 6.10 Å². The molecule has 2 aromatic carbocycles. The van der Waals surface area contributed by atoms with Gasteiger partial charge in [-0.2, -0.15) is 13.2 Å². The second kappa shape index (κ2) is 9.98. The van der Waals surface area contributed by atoms with Crippen molar-refractivity contribution in [3.63, 3.8) is 0 Å². The third kappa shape index (κ3) is 6.37. The molecule has 29 heavy (non-hydrogen) atoms. The molecular formula is C21H23ClF3NO3. The summed E-state index contributed by atoms with van der Waals surface area (Å²) in [6.45, 7) is 3.23. The molecule has 0 amide bonds. The number of alkyl halides is 3. The van der Waals surface area contributed by atoms with E-state index < -0.39 is 18.2 Å². The number of halogens is 4. The zero-order chi connectivity index (χ0) is 21.6. The molecule has 8 heteroatoms. The molecule has 2 N–H and O–H groups in total. The summed E-state index contributed by atoms with van der Waals surface area (Å²) in [7, 11) is 0. The lowest BCUT2D eigenvalue weighted by Crippen LogP contribution is -2.24. The van der Waals surface area contributed by atoms with Gasteiger partial charge in [0.25, 0.3) is 0 Å². The lowest BCUT2D eigenvalue weighted by Gasteiger charge is -2.25. The van der Waals surface area contributed by atoms with Crippen LogP contribution in [0.5, 0.6) is 0 Å². The van der Waals surface area contributed by atoms with Gasteiger partial charge in [-0.3, -0.25) is 4.79 Å². The van der Waals surface area contributed by atoms with Crippen LogP contribution in [-0.2, 0) is 9.53 Å². The van der Waals surface area contributed by atoms with Crippen molar-refractivity contribution in [3.8, 4) is 0 Å². The van der Waals surface area contributed by atoms with E-state index in [4.69, 9.17) is 21.4 Å². The first kappa shape index (κ1) is 23.0. The van der Waals surface area contributed by atoms with Crippen molar-refractivity contribution in [2.45, 2.75) is 44.9 Å². The van der Waals surface area contributed by atoms with Gasteiger partial charge in [-0.15, -0.1) is 0 Å². The van der Waals surface area contributed by atoms with Gasteiger partial charge in [-0.05, 0) is 55.2 Å². The summed E-state index contributed by atoms with van der Waals surface area (Å²) < 4.78 is 45.8. The number of carboxylic acid groups (broad SMARTS) is 1. The highest BCUT2D eigenvalue weighted by Crippen LogP contribution is 2.41. The van der Waals surface area contributed by atoms with Gasteiger partial charge >= 0.3 is 12.1 Å². The number of nitrogens with one attached hydrogen (secondary N) is 1. The van der Waals surface area contributed by atoms with Crippen LogP contribution in [0.3, 0.4) is 0 Å². The van der Waals surface area contributed by atoms with Crippen molar-refractivity contribution in [3.05, 3.63) is 58.6 Å². The highest BCUT2D eigenvalue weighted by molar-refractivity contribution is 6.30. The van der Waals surface area contributed by atoms with Crippen molar-refractivity contribution in [2.24, 2.45) is 0 Å². The van der Waals surface area contributed by atoms with Crippen LogP contribution in [0.15, 0.2) is 42.5 Å². The molecule has 158 valence electrons. The standard InChI is InChI=1S/C21H23ClF3NO3/c1-3-13(12-19(27)28)14-5-10-17(20(29-4-2)21(23,24)25)18(11-14)26-16-8-6-15(22)7-9-16/h5-11,13,20,26H,3-4,12H2,1-2H3,(H,27,28)/t13-,20-/m1/s1. The summed E-state index contributed by atoms with van der Waals surface area (Å²) in [5, 5.41) is 12.6. The summed E-state index contributed by atoms with van der Waals surface area (Å²) in [5.41, 5.74) is 1.34. The Balaban J connectivity index is 2.53. The molecule has 2 rings (SSSR count). The Labute approximate surface area is 172 Å². The van der Waals surface area contributed by atoms with E-state index in [1.165, 1.54) is 19.1 Å². The lowest BCUT2D eigenvalue weighted by molar-refractivity contribution is -0.222. The molecule has 0 unspecified atom stereocenters. The van der Waals surface area contributed by atoms with Crippen LogP contribution in [0, 0.1) is 0 Å². The van der Waals surface area contributed by atoms with Crippen molar-refractivity contribution < 1.29 is 27.8 Å². The Kier molecular flexibility index (Phi) is 7.93. The topological polar surface area (TPSA) is 58.6 Å². The first-order valence-electron chi connectivity index (χ1n) is 9.22. The minimum Gasteiger partial charge on any atom is -0.481 e. The predicted octanol–water partition coefficient (Wildman–Crippen LogP) is 6.69. The van der Waals surface area contributed by atoms with E-state index in [2.05, 4.69) is 5.32 Å². The van der Waals surface area contributed by atoms with Gasteiger partial charge in [-0.25, -0.2) is 0 Å². The number of carboxylic acids is 1. The number of carbonyl (C=O) groups is 1. The molecule has 0 radical (unpaired) electrons. The van der Waals surface area contributed by atoms with Crippen LogP contribution in [0.2, 0.25) is 5.02 Å². The zero-order valence-electron chi connectivity index (χ0n) is 16.1. The van der Waals surface area contributed by atoms with E-state index >= 15 is 0 Å². The van der Waals surface area contributed by atoms with Crippen molar-refractivity contribution >= 4 is 28.9 Å². The van der Waals surface area contributed by atoms with Gasteiger partial charge < -0.3 is 15.2 Å². The van der Waals surface area contributed by atoms with Gasteiger partial charge in [0, 0.05) is 28.6 Å². The molecule has 0 aliphatic heterocycles. The van der Waals surface area contributed by atoms with Crippen molar-refractivity contribution in [1.82, 2.24) is 0 Å². The van der Waals surface area contributed by atoms with Gasteiger partial charge in [0.2, 0.25) is 0 Å². The maximum Gasteiger partial charge on any atom is 0.418 e. The van der Waals surface area contributed by atoms with E-state index in [9.17, 15) is 18.0 Å². The molecule has 0 aliphatic rings. The third-order valence-electron chi connectivity index (χ3n) is 4.50. The van der Waals surface area contributed by atoms with E-state index in [0.717, 1.165) is 0 Å². The number of hydrogen-bond acceptors (Lipinski definition) is 3. The van der Waals surface area contributed by atoms with Gasteiger partial charge in [-0.1, -0.05) is 30.7 Å². The second-order valence-corrected chi connectivity index (χ2v) is 7.00. The third-order valence-corrected chi connectivity index (χ3v) is 4.75. The fraction of sp³-hybridized carbons (Fsp3) is 0.381. The second-order valence-electron chi connectivity index (χ2n) is 6.56. The monoisotopic (exact) mass is 429 g/mol. The SMILES string of the molecule is CCO[C@H](c1ccc([C@H](CC)CC(=O)O)cc1Nc1ccc(Cl)cc1)C(F)(F)F. The fourth-order valence-electron chi connectivity index (χ4n) is 3.09. The van der Waals surface area contributed by atoms with E-state index in [-0.39, 0.29) is 30.2 Å². The Hall–Kier alpha value is -2.25. The predicted molar refractivity (Wildman–Crippen MR) is 107 cm³/mol. The number of aliphatic carboxylic acids is 1. The van der Waals surface area contributed by atoms with Gasteiger partial charge in [0.05, 0.1) is 6.42 Å². The Morgan fingerprint density at radius 1 is 1.17 bits per heavy atom. The van der Waals surface area contributed by atoms with Crippen LogP contribution in [0.4, 0.5) is 24.5 Å². The molecule has 2 atom stereocenters. The molecule has 0 aliphatic carbocycles. The zero-order valence-corrected chi connectivity index (χ0v) is 16.8. The van der Waals surface area contributed by atoms with Crippen LogP contribution in [0.25, 0.3) is 0 Å². The number of ether oxygens (including phenoxy) is 1. The first-order chi connectivity index (χ1) is 13.7. The molecule has 0 fully saturated rings. The highest BCUT2D eigenvalue weighted by Gasteiger charge is 2.43. The quantitative estimate of drug-likeness (QED) is 0.466. The minimum absolute atomic E-state index is 0.0665. The smallest absolute Gasteiger partial charge is 0.418 e. The Morgan fingerprint density at radius 3 is 2.34 bits per heavy atom. The fourth-order valence-corrected chi connectivity index (χ4v) is 3.22. The maximum atomic E-state index is 13.6. The Bertz CT molecular complexity index is 825. The number of rotatable bonds is 9. The summed E-state index contributed by atoms with van der Waals surface area (Å²) in [6.07, 6.45) is -6.26. The normalized spacial score (nSPS) is 13.7. The number of hydrogen-bond donors (Lipinski definition) is 2. The van der Waals surface area contributed by atoms with Crippen LogP contribution in [-0.4, -0.2) is 23.9 Å². The highest BCUT2D eigenvalue weighted by atomic mass is 35.5. The van der Waals surface area contributed by atoms with E-state index in [1.807, 2.05) is 6.92 Å². The number of anilines is 2. The number of benzene rings is 2. The van der Waals surface area contributed by atoms with E-state index in [0.29, 0.717) is 22.7 Å². The Morgan fingerprint density at radius 2 is 1.83 bits per heavy atom. The lowest BCUT2D eigenvalue weighted by atomic mass is 9.91. The summed E-state index contributed by atoms with van der Waals surface area (Å²) >= 11 is 5.88. The van der Waals surface area contributed by atoms with Crippen LogP contribution in [0.1, 0.15) is 49.8 Å². The van der Waals surface area contributed by atoms with Crippen LogP contribution < -0.4 is 5.32 Å². The molecule has 0 heterocycles. The molecular weight excluding hydrogens is 407 g/mol. The summed E-state index contributed by atoms with van der Waals surface area (Å²) in [5.74, 6) is -1.28. The molecule has 0 spiro atoms. The van der Waals surface area contributed by atoms with Crippen molar-refractivity contribution in [1.29, 1.82) is 0 Å². The van der Waals surface area contributed by atoms with Gasteiger partial charge in [0.1, 0.15) is 0 Å². The largest absolute Gasteiger partial charge is 0.481 e. The molecule has 0 saturated heterocycles. The van der Waals surface area contributed by atoms with E-state index in [1.54, 1.807) is 30.3 Å². The molecule has 2 aromatic rings. The molecule has 0 aromatic heterocycles. The minimum atomic E-state index is -4.60. The maximum absolute atomic E-state index is 13.6. The average Bonchev–Trinajstić information content (AvgIpc) is 2.65. The van der Waals surface area contributed by atoms with Crippen LogP contribution >= 0.6 is 11.6 Å². The molecule has 0 bridgehead atoms. The summed E-state index contributed by atoms with van der Waals surface area (Å²) in [6, 6.07) is 11.0.